The fourth-order valence-electron chi connectivity index (χ4n) is 3.96. The van der Waals surface area contributed by atoms with Crippen LogP contribution in [0.1, 0.15) is 41.4 Å². The maximum atomic E-state index is 13.9. The van der Waals surface area contributed by atoms with Crippen molar-refractivity contribution in [3.8, 4) is 0 Å². The lowest BCUT2D eigenvalue weighted by Crippen LogP contribution is -2.44. The first-order valence-corrected chi connectivity index (χ1v) is 11.1. The Hall–Kier alpha value is -3.14. The van der Waals surface area contributed by atoms with Crippen LogP contribution in [0.3, 0.4) is 0 Å². The third kappa shape index (κ3) is 4.14. The van der Waals surface area contributed by atoms with Crippen LogP contribution in [-0.4, -0.2) is 38.9 Å². The van der Waals surface area contributed by atoms with E-state index in [0.717, 1.165) is 42.7 Å². The van der Waals surface area contributed by atoms with Crippen LogP contribution >= 0.6 is 11.3 Å². The molecule has 4 rings (SSSR count). The van der Waals surface area contributed by atoms with Crippen molar-refractivity contribution in [1.82, 2.24) is 14.5 Å². The highest BCUT2D eigenvalue weighted by Gasteiger charge is 2.25. The molecule has 168 valence electrons. The van der Waals surface area contributed by atoms with Crippen LogP contribution < -0.4 is 10.9 Å². The Morgan fingerprint density at radius 1 is 1.28 bits per heavy atom. The normalized spacial score (nSPS) is 16.4. The molecular formula is C22H22F2N4O3S. The molecule has 0 spiro atoms. The summed E-state index contributed by atoms with van der Waals surface area (Å²) in [6.07, 6.45) is 4.28. The maximum Gasteiger partial charge on any atom is 0.266 e. The Balaban J connectivity index is 1.61. The largest absolute Gasteiger partial charge is 0.338 e. The third-order valence-electron chi connectivity index (χ3n) is 5.73. The molecule has 0 aliphatic carbocycles. The summed E-state index contributed by atoms with van der Waals surface area (Å²) in [5.74, 6) is -2.42. The van der Waals surface area contributed by atoms with Crippen molar-refractivity contribution in [3.63, 3.8) is 0 Å². The van der Waals surface area contributed by atoms with Gasteiger partial charge < -0.3 is 10.2 Å². The van der Waals surface area contributed by atoms with E-state index in [1.54, 1.807) is 11.8 Å². The van der Waals surface area contributed by atoms with Crippen LogP contribution in [0.4, 0.5) is 14.5 Å². The average Bonchev–Trinajstić information content (AvgIpc) is 3.09. The van der Waals surface area contributed by atoms with Crippen LogP contribution in [0.5, 0.6) is 0 Å². The highest BCUT2D eigenvalue weighted by Crippen LogP contribution is 2.28. The van der Waals surface area contributed by atoms with Crippen molar-refractivity contribution >= 4 is 39.1 Å². The number of nitrogens with zero attached hydrogens (tertiary/aromatic N) is 3. The first-order chi connectivity index (χ1) is 15.3. The number of aryl methyl sites for hydroxylation is 1. The SMILES string of the molecule is Cc1c(C(=O)Nc2ccc(F)cc2F)sc2ncn(CC(=O)N3CCCC[C@@H]3C)c(=O)c12. The Morgan fingerprint density at radius 3 is 2.78 bits per heavy atom. The molecule has 2 aromatic heterocycles. The minimum Gasteiger partial charge on any atom is -0.338 e. The van der Waals surface area contributed by atoms with E-state index in [9.17, 15) is 23.2 Å². The predicted octanol–water partition coefficient (Wildman–Crippen LogP) is 3.70. The number of amides is 2. The summed E-state index contributed by atoms with van der Waals surface area (Å²) in [4.78, 5) is 45.1. The molecule has 1 aliphatic heterocycles. The van der Waals surface area contributed by atoms with Gasteiger partial charge in [0.05, 0.1) is 22.3 Å². The smallest absolute Gasteiger partial charge is 0.266 e. The average molecular weight is 461 g/mol. The van der Waals surface area contributed by atoms with Crippen molar-refractivity contribution in [2.24, 2.45) is 0 Å². The second kappa shape index (κ2) is 8.78. The number of thiophene rings is 1. The monoisotopic (exact) mass is 460 g/mol. The number of carbonyl (C=O) groups is 2. The Morgan fingerprint density at radius 2 is 2.06 bits per heavy atom. The maximum absolute atomic E-state index is 13.9. The van der Waals surface area contributed by atoms with Crippen LogP contribution in [0.15, 0.2) is 29.3 Å². The van der Waals surface area contributed by atoms with Gasteiger partial charge in [0.2, 0.25) is 5.91 Å². The van der Waals surface area contributed by atoms with Crippen molar-refractivity contribution in [1.29, 1.82) is 0 Å². The second-order valence-corrected chi connectivity index (χ2v) is 8.92. The topological polar surface area (TPSA) is 84.3 Å². The van der Waals surface area contributed by atoms with E-state index in [4.69, 9.17) is 0 Å². The molecule has 7 nitrogen and oxygen atoms in total. The molecule has 0 bridgehead atoms. The molecule has 1 aliphatic rings. The second-order valence-electron chi connectivity index (χ2n) is 7.92. The fourth-order valence-corrected chi connectivity index (χ4v) is 5.00. The molecule has 0 saturated carbocycles. The molecule has 10 heteroatoms. The molecule has 1 saturated heterocycles. The van der Waals surface area contributed by atoms with Gasteiger partial charge in [-0.05, 0) is 50.8 Å². The quantitative estimate of drug-likeness (QED) is 0.644. The van der Waals surface area contributed by atoms with Gasteiger partial charge in [-0.25, -0.2) is 13.8 Å². The van der Waals surface area contributed by atoms with E-state index < -0.39 is 23.1 Å². The highest BCUT2D eigenvalue weighted by atomic mass is 32.1. The van der Waals surface area contributed by atoms with Gasteiger partial charge in [-0.3, -0.25) is 19.0 Å². The first kappa shape index (κ1) is 22.1. The number of benzene rings is 1. The van der Waals surface area contributed by atoms with Crippen molar-refractivity contribution < 1.29 is 18.4 Å². The molecule has 0 unspecified atom stereocenters. The van der Waals surface area contributed by atoms with E-state index in [0.29, 0.717) is 23.0 Å². The number of piperidine rings is 1. The molecule has 32 heavy (non-hydrogen) atoms. The number of aromatic nitrogens is 2. The summed E-state index contributed by atoms with van der Waals surface area (Å²) >= 11 is 1.00. The molecule has 3 aromatic rings. The summed E-state index contributed by atoms with van der Waals surface area (Å²) in [5.41, 5.74) is -0.177. The number of anilines is 1. The third-order valence-corrected chi connectivity index (χ3v) is 6.93. The lowest BCUT2D eigenvalue weighted by molar-refractivity contribution is -0.135. The van der Waals surface area contributed by atoms with Gasteiger partial charge in [0.25, 0.3) is 11.5 Å². The molecule has 0 radical (unpaired) electrons. The van der Waals surface area contributed by atoms with Gasteiger partial charge >= 0.3 is 0 Å². The summed E-state index contributed by atoms with van der Waals surface area (Å²) in [5, 5.41) is 2.65. The Labute approximate surface area is 186 Å². The van der Waals surface area contributed by atoms with Crippen LogP contribution in [-0.2, 0) is 11.3 Å². The predicted molar refractivity (Wildman–Crippen MR) is 118 cm³/mol. The summed E-state index contributed by atoms with van der Waals surface area (Å²) in [6.45, 7) is 4.16. The standard InChI is InChI=1S/C22H22F2N4O3S/c1-12-5-3-4-8-28(12)17(29)10-27-11-25-21-18(22(27)31)13(2)19(32-21)20(30)26-16-7-6-14(23)9-15(16)24/h6-7,9,11-12H,3-5,8,10H2,1-2H3,(H,26,30)/t12-/m0/s1. The van der Waals surface area contributed by atoms with E-state index in [-0.39, 0.29) is 34.4 Å². The number of likely N-dealkylation sites (tertiary alicyclic amines) is 1. The number of halogens is 2. The number of carbonyl (C=O) groups excluding carboxylic acids is 2. The molecular weight excluding hydrogens is 438 g/mol. The van der Waals surface area contributed by atoms with Gasteiger partial charge in [-0.1, -0.05) is 0 Å². The summed E-state index contributed by atoms with van der Waals surface area (Å²) in [7, 11) is 0. The zero-order valence-electron chi connectivity index (χ0n) is 17.7. The minimum absolute atomic E-state index is 0.121. The zero-order chi connectivity index (χ0) is 23.0. The van der Waals surface area contributed by atoms with Crippen LogP contribution in [0.2, 0.25) is 0 Å². The minimum atomic E-state index is -0.900. The molecule has 1 atom stereocenters. The molecule has 1 fully saturated rings. The number of hydrogen-bond donors (Lipinski definition) is 1. The van der Waals surface area contributed by atoms with Gasteiger partial charge in [0.15, 0.2) is 0 Å². The molecule has 2 amide bonds. The summed E-state index contributed by atoms with van der Waals surface area (Å²) < 4.78 is 28.3. The molecule has 3 heterocycles. The fraction of sp³-hybridized carbons (Fsp3) is 0.364. The molecule has 1 N–H and O–H groups in total. The number of fused-ring (bicyclic) bond motifs is 1. The van der Waals surface area contributed by atoms with Crippen molar-refractivity contribution in [3.05, 3.63) is 57.0 Å². The lowest BCUT2D eigenvalue weighted by atomic mass is 10.0. The van der Waals surface area contributed by atoms with Gasteiger partial charge in [-0.2, -0.15) is 0 Å². The zero-order valence-corrected chi connectivity index (χ0v) is 18.5. The Kier molecular flexibility index (Phi) is 6.05. The number of hydrogen-bond acceptors (Lipinski definition) is 5. The van der Waals surface area contributed by atoms with Crippen molar-refractivity contribution in [2.45, 2.75) is 45.7 Å². The highest BCUT2D eigenvalue weighted by molar-refractivity contribution is 7.20. The van der Waals surface area contributed by atoms with Gasteiger partial charge in [0, 0.05) is 18.7 Å². The van der Waals surface area contributed by atoms with E-state index >= 15 is 0 Å². The van der Waals surface area contributed by atoms with Gasteiger partial charge in [0.1, 0.15) is 23.0 Å². The lowest BCUT2D eigenvalue weighted by Gasteiger charge is -2.33. The van der Waals surface area contributed by atoms with E-state index in [2.05, 4.69) is 10.3 Å². The van der Waals surface area contributed by atoms with E-state index in [1.807, 2.05) is 6.92 Å². The Bertz CT molecular complexity index is 1270. The van der Waals surface area contributed by atoms with Crippen molar-refractivity contribution in [2.75, 3.05) is 11.9 Å². The summed E-state index contributed by atoms with van der Waals surface area (Å²) in [6, 6.07) is 2.97. The molecule has 1 aromatic carbocycles. The van der Waals surface area contributed by atoms with Crippen LogP contribution in [0, 0.1) is 18.6 Å². The van der Waals surface area contributed by atoms with Crippen LogP contribution in [0.25, 0.3) is 10.2 Å². The number of nitrogens with one attached hydrogen (secondary N) is 1. The number of rotatable bonds is 4. The van der Waals surface area contributed by atoms with E-state index in [1.165, 1.54) is 10.9 Å². The first-order valence-electron chi connectivity index (χ1n) is 10.3. The van der Waals surface area contributed by atoms with Gasteiger partial charge in [-0.15, -0.1) is 11.3 Å².